The molecule has 0 radical (unpaired) electrons. The highest BCUT2D eigenvalue weighted by Gasteiger charge is 2.65. The number of carbonyl (C=O) groups is 1. The molecule has 3 aromatic rings. The monoisotopic (exact) mass is 830 g/mol. The maximum absolute atomic E-state index is 14.2. The number of aliphatic hydroxyl groups excluding tert-OH is 2. The first-order chi connectivity index (χ1) is 28.4. The van der Waals surface area contributed by atoms with Crippen LogP contribution in [0.15, 0.2) is 101 Å². The summed E-state index contributed by atoms with van der Waals surface area (Å²) in [6.45, 7) is 10.2. The highest BCUT2D eigenvalue weighted by Crippen LogP contribution is 2.62. The highest BCUT2D eigenvalue weighted by molar-refractivity contribution is 7.98. The van der Waals surface area contributed by atoms with Crippen LogP contribution in [-0.4, -0.2) is 77.5 Å². The molecule has 0 spiro atoms. The molecule has 1 aliphatic heterocycles. The standard InChI is InChI=1S/C47H59FN2O8S/c1-7-26-55-47-42(50(45(53)54-5)30-31-14-16-33(48)17-15-31)29-40(49-58-46(2,3)4)38-27-32(12-8-10-24-51)37(13-9-11-25-52)43(44(38)47)39-28-35(20-23-41(39)57-47)56-34-18-21-36(59-6)22-19-34/h7,14-23,27-28,32,37,42-44,51-52H,1,8-13,24-26,29-30H2,2-6H3/t32-,37+,42-,43+,44+,47+/m0/s1. The molecule has 3 aliphatic rings. The van der Waals surface area contributed by atoms with Crippen molar-refractivity contribution in [1.29, 1.82) is 0 Å². The van der Waals surface area contributed by atoms with E-state index < -0.39 is 29.4 Å². The smallest absolute Gasteiger partial charge is 0.410 e. The van der Waals surface area contributed by atoms with E-state index in [1.807, 2.05) is 63.4 Å². The van der Waals surface area contributed by atoms with Gasteiger partial charge in [0.2, 0.25) is 5.79 Å². The quantitative estimate of drug-likeness (QED) is 0.0559. The number of amides is 1. The molecule has 10 nitrogen and oxygen atoms in total. The number of nitrogens with zero attached hydrogens (tertiary/aromatic N) is 2. The van der Waals surface area contributed by atoms with Gasteiger partial charge >= 0.3 is 6.09 Å². The van der Waals surface area contributed by atoms with Crippen molar-refractivity contribution in [2.24, 2.45) is 22.9 Å². The Hall–Kier alpha value is -4.36. The van der Waals surface area contributed by atoms with Crippen molar-refractivity contribution < 1.29 is 43.2 Å². The maximum atomic E-state index is 14.2. The first-order valence-corrected chi connectivity index (χ1v) is 21.8. The Morgan fingerprint density at radius 3 is 2.36 bits per heavy atom. The van der Waals surface area contributed by atoms with Crippen molar-refractivity contribution in [2.75, 3.05) is 33.2 Å². The van der Waals surface area contributed by atoms with Gasteiger partial charge in [-0.15, -0.1) is 18.3 Å². The fourth-order valence-corrected chi connectivity index (χ4v) is 9.30. The summed E-state index contributed by atoms with van der Waals surface area (Å²) in [6.07, 6.45) is 10.1. The molecule has 59 heavy (non-hydrogen) atoms. The molecule has 2 aliphatic carbocycles. The van der Waals surface area contributed by atoms with Gasteiger partial charge in [-0.1, -0.05) is 42.3 Å². The number of ether oxygens (including phenoxy) is 4. The van der Waals surface area contributed by atoms with Crippen LogP contribution in [0.25, 0.3) is 0 Å². The Bertz CT molecular complexity index is 1950. The second kappa shape index (κ2) is 19.8. The fourth-order valence-electron chi connectivity index (χ4n) is 8.89. The van der Waals surface area contributed by atoms with Crippen LogP contribution in [0.2, 0.25) is 0 Å². The number of carbonyl (C=O) groups excluding carboxylic acids is 1. The summed E-state index contributed by atoms with van der Waals surface area (Å²) in [5, 5.41) is 24.7. The first kappa shape index (κ1) is 44.2. The van der Waals surface area contributed by atoms with Crippen molar-refractivity contribution in [1.82, 2.24) is 4.90 Å². The Labute approximate surface area is 352 Å². The number of thioether (sulfide) groups is 1. The van der Waals surface area contributed by atoms with E-state index in [4.69, 9.17) is 28.9 Å². The Balaban J connectivity index is 1.60. The summed E-state index contributed by atoms with van der Waals surface area (Å²) in [6, 6.07) is 19.1. The topological polar surface area (TPSA) is 119 Å². The molecule has 1 fully saturated rings. The number of unbranched alkanes of at least 4 members (excludes halogenated alkanes) is 2. The lowest BCUT2D eigenvalue weighted by Gasteiger charge is -2.59. The largest absolute Gasteiger partial charge is 0.459 e. The molecule has 3 aromatic carbocycles. The Morgan fingerprint density at radius 1 is 1.02 bits per heavy atom. The van der Waals surface area contributed by atoms with E-state index in [1.165, 1.54) is 19.2 Å². The third-order valence-corrected chi connectivity index (χ3v) is 12.2. The molecule has 0 bridgehead atoms. The van der Waals surface area contributed by atoms with E-state index in [2.05, 4.69) is 18.7 Å². The number of oxime groups is 1. The third-order valence-electron chi connectivity index (χ3n) is 11.4. The van der Waals surface area contributed by atoms with E-state index in [9.17, 15) is 19.4 Å². The summed E-state index contributed by atoms with van der Waals surface area (Å²) in [4.78, 5) is 23.1. The average molecular weight is 831 g/mol. The van der Waals surface area contributed by atoms with Crippen molar-refractivity contribution in [3.8, 4) is 17.2 Å². The zero-order valence-electron chi connectivity index (χ0n) is 34.9. The zero-order chi connectivity index (χ0) is 42.2. The van der Waals surface area contributed by atoms with Crippen LogP contribution in [0.1, 0.15) is 82.8 Å². The number of allylic oxidation sites excluding steroid dienone is 1. The number of hydrogen-bond donors (Lipinski definition) is 2. The van der Waals surface area contributed by atoms with Crippen molar-refractivity contribution in [3.05, 3.63) is 108 Å². The molecule has 0 aromatic heterocycles. The molecule has 1 saturated carbocycles. The van der Waals surface area contributed by atoms with E-state index in [-0.39, 0.29) is 56.4 Å². The van der Waals surface area contributed by atoms with Gasteiger partial charge in [0.05, 0.1) is 25.3 Å². The van der Waals surface area contributed by atoms with Crippen LogP contribution >= 0.6 is 11.8 Å². The molecule has 0 saturated heterocycles. The summed E-state index contributed by atoms with van der Waals surface area (Å²) >= 11 is 1.66. The lowest BCUT2D eigenvalue weighted by Crippen LogP contribution is -2.70. The number of hydrogen-bond acceptors (Lipinski definition) is 10. The predicted octanol–water partition coefficient (Wildman–Crippen LogP) is 10.0. The van der Waals surface area contributed by atoms with Crippen LogP contribution < -0.4 is 9.47 Å². The molecule has 0 unspecified atom stereocenters. The van der Waals surface area contributed by atoms with Gasteiger partial charge in [0.15, 0.2) is 0 Å². The number of fused-ring (bicyclic) bond motifs is 2. The molecule has 1 heterocycles. The molecule has 12 heteroatoms. The number of aliphatic hydroxyl groups is 2. The van der Waals surface area contributed by atoms with Crippen LogP contribution in [0.4, 0.5) is 9.18 Å². The number of rotatable bonds is 18. The summed E-state index contributed by atoms with van der Waals surface area (Å²) < 4.78 is 40.5. The Kier molecular flexibility index (Phi) is 14.8. The second-order valence-corrected chi connectivity index (χ2v) is 17.4. The maximum Gasteiger partial charge on any atom is 0.410 e. The highest BCUT2D eigenvalue weighted by atomic mass is 32.2. The number of benzene rings is 3. The lowest BCUT2D eigenvalue weighted by molar-refractivity contribution is -0.256. The van der Waals surface area contributed by atoms with Crippen molar-refractivity contribution >= 4 is 23.6 Å². The van der Waals surface area contributed by atoms with Gasteiger partial charge in [-0.2, -0.15) is 0 Å². The average Bonchev–Trinajstić information content (AvgIpc) is 3.23. The van der Waals surface area contributed by atoms with Crippen molar-refractivity contribution in [3.63, 3.8) is 0 Å². The Morgan fingerprint density at radius 2 is 1.71 bits per heavy atom. The molecule has 1 amide bonds. The van der Waals surface area contributed by atoms with Gasteiger partial charge < -0.3 is 34.0 Å². The van der Waals surface area contributed by atoms with Gasteiger partial charge in [0, 0.05) is 42.6 Å². The summed E-state index contributed by atoms with van der Waals surface area (Å²) in [5.41, 5.74) is 2.60. The molecule has 6 atom stereocenters. The zero-order valence-corrected chi connectivity index (χ0v) is 35.7. The molecule has 2 N–H and O–H groups in total. The molecule has 318 valence electrons. The van der Waals surface area contributed by atoms with E-state index in [1.54, 1.807) is 34.9 Å². The molecular formula is C47H59FN2O8S. The minimum atomic E-state index is -1.48. The van der Waals surface area contributed by atoms with Gasteiger partial charge in [-0.05, 0) is 130 Å². The van der Waals surface area contributed by atoms with Gasteiger partial charge in [-0.25, -0.2) is 9.18 Å². The minimum Gasteiger partial charge on any atom is -0.459 e. The third kappa shape index (κ3) is 10.2. The van der Waals surface area contributed by atoms with E-state index in [0.29, 0.717) is 41.4 Å². The van der Waals surface area contributed by atoms with Crippen LogP contribution in [0.3, 0.4) is 0 Å². The van der Waals surface area contributed by atoms with Crippen molar-refractivity contribution in [2.45, 2.75) is 101 Å². The minimum absolute atomic E-state index is 0.0340. The predicted molar refractivity (Wildman–Crippen MR) is 228 cm³/mol. The number of halogens is 1. The van der Waals surface area contributed by atoms with Crippen LogP contribution in [-0.2, 0) is 20.9 Å². The summed E-state index contributed by atoms with van der Waals surface area (Å²) in [5.74, 6) is -0.562. The molecular weight excluding hydrogens is 772 g/mol. The first-order valence-electron chi connectivity index (χ1n) is 20.6. The van der Waals surface area contributed by atoms with E-state index >= 15 is 0 Å². The normalized spacial score (nSPS) is 24.0. The van der Waals surface area contributed by atoms with Gasteiger partial charge in [0.25, 0.3) is 0 Å². The van der Waals surface area contributed by atoms with Crippen LogP contribution in [0, 0.1) is 23.6 Å². The van der Waals surface area contributed by atoms with E-state index in [0.717, 1.165) is 41.7 Å². The van der Waals surface area contributed by atoms with Crippen LogP contribution in [0.5, 0.6) is 17.2 Å². The van der Waals surface area contributed by atoms with Gasteiger partial charge in [0.1, 0.15) is 34.7 Å². The fraction of sp³-hybridized carbons (Fsp3) is 0.489. The summed E-state index contributed by atoms with van der Waals surface area (Å²) in [7, 11) is 1.34. The molecule has 6 rings (SSSR count). The van der Waals surface area contributed by atoms with Gasteiger partial charge in [-0.3, -0.25) is 4.90 Å². The SMILES string of the molecule is C=CCO[C@@]12Oc3ccc(Oc4ccc(SC)cc4)cc3[C@H]3[C@H](CCCCO)[C@@H](CCCCO)C=C(C(=NOC(C)(C)C)C[C@@H]1N(Cc1ccc(F)cc1)C(=O)OC)[C@H]32. The lowest BCUT2D eigenvalue weighted by atomic mass is 9.55. The number of methoxy groups -OCH3 is 1. The second-order valence-electron chi connectivity index (χ2n) is 16.5.